The van der Waals surface area contributed by atoms with Gasteiger partial charge < -0.3 is 14.6 Å². The molecule has 3 rings (SSSR count). The molecule has 0 bridgehead atoms. The molecule has 2 aromatic rings. The van der Waals surface area contributed by atoms with Crippen molar-refractivity contribution >= 4 is 0 Å². The van der Waals surface area contributed by atoms with Gasteiger partial charge in [0.05, 0.1) is 13.2 Å². The number of hydrogen-bond donors (Lipinski definition) is 1. The lowest BCUT2D eigenvalue weighted by Crippen LogP contribution is -2.24. The Balaban J connectivity index is 1.63. The number of benzene rings is 2. The first-order valence-electron chi connectivity index (χ1n) is 8.98. The van der Waals surface area contributed by atoms with E-state index in [2.05, 4.69) is 23.1 Å². The summed E-state index contributed by atoms with van der Waals surface area (Å²) in [6.45, 7) is 3.34. The van der Waals surface area contributed by atoms with Crippen LogP contribution in [-0.2, 0) is 13.2 Å². The van der Waals surface area contributed by atoms with Crippen LogP contribution in [0.2, 0.25) is 0 Å². The maximum absolute atomic E-state index is 9.80. The topological polar surface area (TPSA) is 41.9 Å². The molecule has 2 aromatic carbocycles. The molecule has 4 heteroatoms. The Labute approximate surface area is 150 Å². The molecule has 0 radical (unpaired) electrons. The van der Waals surface area contributed by atoms with Gasteiger partial charge in [-0.15, -0.1) is 0 Å². The molecule has 0 saturated carbocycles. The second kappa shape index (κ2) is 8.88. The summed E-state index contributed by atoms with van der Waals surface area (Å²) in [5.74, 6) is 1.67. The van der Waals surface area contributed by atoms with Crippen molar-refractivity contribution in [3.05, 3.63) is 59.7 Å². The van der Waals surface area contributed by atoms with Gasteiger partial charge in [-0.2, -0.15) is 0 Å². The summed E-state index contributed by atoms with van der Waals surface area (Å²) in [6.07, 6.45) is 2.64. The van der Waals surface area contributed by atoms with Crippen molar-refractivity contribution in [1.82, 2.24) is 4.90 Å². The van der Waals surface area contributed by atoms with Crippen LogP contribution in [0, 0.1) is 0 Å². The van der Waals surface area contributed by atoms with Gasteiger partial charge in [0.1, 0.15) is 18.1 Å². The van der Waals surface area contributed by atoms with E-state index < -0.39 is 0 Å². The first-order valence-corrected chi connectivity index (χ1v) is 8.98. The number of aliphatic hydroxyl groups is 1. The molecule has 134 valence electrons. The fourth-order valence-corrected chi connectivity index (χ4v) is 3.22. The molecule has 1 fully saturated rings. The normalized spacial score (nSPS) is 18.6. The molecule has 1 heterocycles. The van der Waals surface area contributed by atoms with Gasteiger partial charge in [-0.25, -0.2) is 0 Å². The lowest BCUT2D eigenvalue weighted by Gasteiger charge is -2.21. The number of nitrogens with zero attached hydrogens (tertiary/aromatic N) is 1. The maximum atomic E-state index is 9.80. The van der Waals surface area contributed by atoms with E-state index in [4.69, 9.17) is 9.47 Å². The molecule has 0 aliphatic carbocycles. The average molecular weight is 341 g/mol. The van der Waals surface area contributed by atoms with E-state index in [1.165, 1.54) is 0 Å². The Morgan fingerprint density at radius 2 is 1.92 bits per heavy atom. The Bertz CT molecular complexity index is 659. The standard InChI is InChI=1S/C21H27NO3/c1-24-21-14-20(25-16-17-6-3-2-4-7-17)10-9-18(21)15-22-12-5-8-19(23)11-13-22/h2-4,6-7,9-10,14,19,23H,5,8,11-13,15-16H2,1H3/t19-/m1/s1. The molecular formula is C21H27NO3. The molecule has 0 unspecified atom stereocenters. The van der Waals surface area contributed by atoms with Crippen LogP contribution in [0.25, 0.3) is 0 Å². The minimum absolute atomic E-state index is 0.152. The van der Waals surface area contributed by atoms with Crippen molar-refractivity contribution < 1.29 is 14.6 Å². The highest BCUT2D eigenvalue weighted by molar-refractivity contribution is 5.41. The van der Waals surface area contributed by atoms with Crippen LogP contribution in [-0.4, -0.2) is 36.3 Å². The van der Waals surface area contributed by atoms with Gasteiger partial charge in [0, 0.05) is 24.7 Å². The summed E-state index contributed by atoms with van der Waals surface area (Å²) < 4.78 is 11.5. The van der Waals surface area contributed by atoms with Gasteiger partial charge in [-0.05, 0) is 37.4 Å². The lowest BCUT2D eigenvalue weighted by atomic mass is 10.1. The summed E-state index contributed by atoms with van der Waals surface area (Å²) in [6, 6.07) is 16.2. The molecule has 1 saturated heterocycles. The van der Waals surface area contributed by atoms with Crippen LogP contribution in [0.3, 0.4) is 0 Å². The van der Waals surface area contributed by atoms with E-state index in [-0.39, 0.29) is 6.10 Å². The summed E-state index contributed by atoms with van der Waals surface area (Å²) in [4.78, 5) is 2.39. The summed E-state index contributed by atoms with van der Waals surface area (Å²) in [7, 11) is 1.70. The highest BCUT2D eigenvalue weighted by atomic mass is 16.5. The highest BCUT2D eigenvalue weighted by Gasteiger charge is 2.16. The van der Waals surface area contributed by atoms with Crippen molar-refractivity contribution in [2.45, 2.75) is 38.5 Å². The number of hydrogen-bond acceptors (Lipinski definition) is 4. The predicted molar refractivity (Wildman–Crippen MR) is 98.9 cm³/mol. The maximum Gasteiger partial charge on any atom is 0.127 e. The molecule has 0 amide bonds. The van der Waals surface area contributed by atoms with Crippen LogP contribution in [0.1, 0.15) is 30.4 Å². The fraction of sp³-hybridized carbons (Fsp3) is 0.429. The summed E-state index contributed by atoms with van der Waals surface area (Å²) in [5.41, 5.74) is 2.31. The zero-order chi connectivity index (χ0) is 17.5. The minimum Gasteiger partial charge on any atom is -0.496 e. The van der Waals surface area contributed by atoms with E-state index in [0.717, 1.165) is 61.5 Å². The van der Waals surface area contributed by atoms with Gasteiger partial charge in [0.15, 0.2) is 0 Å². The minimum atomic E-state index is -0.152. The average Bonchev–Trinajstić information content (AvgIpc) is 2.86. The zero-order valence-electron chi connectivity index (χ0n) is 14.9. The van der Waals surface area contributed by atoms with E-state index >= 15 is 0 Å². The second-order valence-corrected chi connectivity index (χ2v) is 6.61. The Morgan fingerprint density at radius 1 is 1.08 bits per heavy atom. The van der Waals surface area contributed by atoms with Gasteiger partial charge in [-0.3, -0.25) is 4.90 Å². The second-order valence-electron chi connectivity index (χ2n) is 6.61. The molecule has 0 aromatic heterocycles. The van der Waals surface area contributed by atoms with E-state index in [1.54, 1.807) is 7.11 Å². The monoisotopic (exact) mass is 341 g/mol. The fourth-order valence-electron chi connectivity index (χ4n) is 3.22. The Hall–Kier alpha value is -2.04. The zero-order valence-corrected chi connectivity index (χ0v) is 14.9. The molecule has 1 N–H and O–H groups in total. The number of rotatable bonds is 6. The molecule has 4 nitrogen and oxygen atoms in total. The van der Waals surface area contributed by atoms with Gasteiger partial charge in [0.25, 0.3) is 0 Å². The van der Waals surface area contributed by atoms with Crippen LogP contribution >= 0.6 is 0 Å². The van der Waals surface area contributed by atoms with Crippen LogP contribution < -0.4 is 9.47 Å². The third-order valence-corrected chi connectivity index (χ3v) is 4.69. The van der Waals surface area contributed by atoms with Crippen molar-refractivity contribution in [2.75, 3.05) is 20.2 Å². The van der Waals surface area contributed by atoms with Gasteiger partial charge >= 0.3 is 0 Å². The third kappa shape index (κ3) is 5.21. The Morgan fingerprint density at radius 3 is 2.72 bits per heavy atom. The first-order chi connectivity index (χ1) is 12.2. The van der Waals surface area contributed by atoms with E-state index in [1.807, 2.05) is 30.3 Å². The third-order valence-electron chi connectivity index (χ3n) is 4.69. The molecule has 1 aliphatic rings. The lowest BCUT2D eigenvalue weighted by molar-refractivity contribution is 0.154. The van der Waals surface area contributed by atoms with Crippen molar-refractivity contribution in [3.8, 4) is 11.5 Å². The largest absolute Gasteiger partial charge is 0.496 e. The number of ether oxygens (including phenoxy) is 2. The summed E-state index contributed by atoms with van der Waals surface area (Å²) in [5, 5.41) is 9.80. The number of likely N-dealkylation sites (tertiary alicyclic amines) is 1. The molecule has 0 spiro atoms. The van der Waals surface area contributed by atoms with Crippen molar-refractivity contribution in [2.24, 2.45) is 0 Å². The van der Waals surface area contributed by atoms with Crippen molar-refractivity contribution in [1.29, 1.82) is 0 Å². The first kappa shape index (κ1) is 17.8. The van der Waals surface area contributed by atoms with Gasteiger partial charge in [0.2, 0.25) is 0 Å². The number of methoxy groups -OCH3 is 1. The van der Waals surface area contributed by atoms with Crippen LogP contribution in [0.15, 0.2) is 48.5 Å². The van der Waals surface area contributed by atoms with Gasteiger partial charge in [-0.1, -0.05) is 36.4 Å². The predicted octanol–water partition coefficient (Wildman–Crippen LogP) is 3.62. The van der Waals surface area contributed by atoms with Crippen LogP contribution in [0.4, 0.5) is 0 Å². The van der Waals surface area contributed by atoms with Crippen LogP contribution in [0.5, 0.6) is 11.5 Å². The molecule has 25 heavy (non-hydrogen) atoms. The SMILES string of the molecule is COc1cc(OCc2ccccc2)ccc1CN1CCC[C@@H](O)CC1. The quantitative estimate of drug-likeness (QED) is 0.871. The smallest absolute Gasteiger partial charge is 0.127 e. The molecule has 1 atom stereocenters. The van der Waals surface area contributed by atoms with Crippen molar-refractivity contribution in [3.63, 3.8) is 0 Å². The molecule has 1 aliphatic heterocycles. The molecular weight excluding hydrogens is 314 g/mol. The van der Waals surface area contributed by atoms with E-state index in [9.17, 15) is 5.11 Å². The Kier molecular flexibility index (Phi) is 6.31. The summed E-state index contributed by atoms with van der Waals surface area (Å²) >= 11 is 0. The highest BCUT2D eigenvalue weighted by Crippen LogP contribution is 2.27. The number of aliphatic hydroxyl groups excluding tert-OH is 1. The van der Waals surface area contributed by atoms with E-state index in [0.29, 0.717) is 6.61 Å².